The molecule has 0 saturated carbocycles. The smallest absolute Gasteiger partial charge is 0.324 e. The van der Waals surface area contributed by atoms with Crippen LogP contribution < -0.4 is 10.1 Å². The minimum atomic E-state index is -0.548. The molecule has 1 heterocycles. The summed E-state index contributed by atoms with van der Waals surface area (Å²) in [7, 11) is 0. The SMILES string of the molecule is CC(C)n1nnc2c1CCCCCC2OCC(=O)CCCOc1ccc(CC(NC(C)(C)C)C(=O)OC(C)(C)C)cc1. The van der Waals surface area contributed by atoms with Crippen molar-refractivity contribution >= 4 is 11.8 Å². The van der Waals surface area contributed by atoms with Gasteiger partial charge in [-0.1, -0.05) is 30.2 Å². The van der Waals surface area contributed by atoms with Crippen LogP contribution in [0.15, 0.2) is 24.3 Å². The summed E-state index contributed by atoms with van der Waals surface area (Å²) < 4.78 is 19.6. The maximum absolute atomic E-state index is 12.8. The van der Waals surface area contributed by atoms with E-state index in [1.807, 2.05) is 70.5 Å². The molecule has 234 valence electrons. The van der Waals surface area contributed by atoms with Gasteiger partial charge in [-0.25, -0.2) is 4.68 Å². The van der Waals surface area contributed by atoms with Crippen LogP contribution in [0.25, 0.3) is 0 Å². The number of esters is 1. The lowest BCUT2D eigenvalue weighted by Crippen LogP contribution is -2.50. The molecule has 9 nitrogen and oxygen atoms in total. The summed E-state index contributed by atoms with van der Waals surface area (Å²) in [6.07, 6.45) is 6.48. The Hall–Kier alpha value is -2.78. The van der Waals surface area contributed by atoms with Crippen molar-refractivity contribution in [2.24, 2.45) is 0 Å². The molecule has 0 saturated heterocycles. The first-order valence-electron chi connectivity index (χ1n) is 15.5. The number of carbonyl (C=O) groups excluding carboxylic acids is 2. The van der Waals surface area contributed by atoms with Gasteiger partial charge in [0.05, 0.1) is 12.3 Å². The number of nitrogens with zero attached hydrogens (tertiary/aromatic N) is 3. The zero-order valence-corrected chi connectivity index (χ0v) is 27.0. The Bertz CT molecular complexity index is 1140. The highest BCUT2D eigenvalue weighted by Gasteiger charge is 2.29. The van der Waals surface area contributed by atoms with Gasteiger partial charge in [0.2, 0.25) is 0 Å². The topological polar surface area (TPSA) is 105 Å². The molecule has 1 aromatic carbocycles. The van der Waals surface area contributed by atoms with E-state index in [-0.39, 0.29) is 36.0 Å². The van der Waals surface area contributed by atoms with Crippen LogP contribution in [0, 0.1) is 0 Å². The van der Waals surface area contributed by atoms with Crippen molar-refractivity contribution in [1.82, 2.24) is 20.3 Å². The average molecular weight is 585 g/mol. The van der Waals surface area contributed by atoms with Crippen LogP contribution in [0.3, 0.4) is 0 Å². The third kappa shape index (κ3) is 11.1. The molecule has 2 aromatic rings. The highest BCUT2D eigenvalue weighted by atomic mass is 16.6. The maximum atomic E-state index is 12.8. The molecular weight excluding hydrogens is 532 g/mol. The summed E-state index contributed by atoms with van der Waals surface area (Å²) >= 11 is 0. The summed E-state index contributed by atoms with van der Waals surface area (Å²) in [6.45, 7) is 16.5. The fourth-order valence-electron chi connectivity index (χ4n) is 5.10. The minimum Gasteiger partial charge on any atom is -0.494 e. The van der Waals surface area contributed by atoms with Crippen LogP contribution in [-0.2, 0) is 31.9 Å². The molecule has 9 heteroatoms. The summed E-state index contributed by atoms with van der Waals surface area (Å²) in [5.74, 6) is 0.534. The van der Waals surface area contributed by atoms with Gasteiger partial charge in [-0.3, -0.25) is 14.9 Å². The molecular formula is C33H52N4O5. The fraction of sp³-hybridized carbons (Fsp3) is 0.697. The van der Waals surface area contributed by atoms with E-state index in [2.05, 4.69) is 29.5 Å². The molecule has 0 fully saturated rings. The molecule has 1 aromatic heterocycles. The molecule has 0 bridgehead atoms. The van der Waals surface area contributed by atoms with Crippen molar-refractivity contribution in [3.63, 3.8) is 0 Å². The molecule has 0 spiro atoms. The standard InChI is InChI=1S/C33H52N4O5/c1-23(2)37-28-14-10-9-11-15-29(30(28)35-36-37)41-22-25(38)13-12-20-40-26-18-16-24(17-19-26)21-27(34-32(3,4)5)31(39)42-33(6,7)8/h16-19,23,27,29,34H,9-15,20-22H2,1-8H3. The number of nitrogens with one attached hydrogen (secondary N) is 1. The second kappa shape index (κ2) is 15.1. The fourth-order valence-corrected chi connectivity index (χ4v) is 5.10. The van der Waals surface area contributed by atoms with E-state index in [4.69, 9.17) is 14.2 Å². The lowest BCUT2D eigenvalue weighted by Gasteiger charge is -2.30. The average Bonchev–Trinajstić information content (AvgIpc) is 3.28. The molecule has 42 heavy (non-hydrogen) atoms. The van der Waals surface area contributed by atoms with Crippen LogP contribution in [0.5, 0.6) is 5.75 Å². The van der Waals surface area contributed by atoms with Crippen LogP contribution >= 0.6 is 0 Å². The number of Topliss-reactive ketones (excluding diaryl/α,β-unsaturated/α-hetero) is 1. The van der Waals surface area contributed by atoms with Gasteiger partial charge in [-0.2, -0.15) is 0 Å². The van der Waals surface area contributed by atoms with Crippen molar-refractivity contribution in [3.8, 4) is 5.75 Å². The van der Waals surface area contributed by atoms with Crippen LogP contribution in [-0.4, -0.2) is 57.1 Å². The van der Waals surface area contributed by atoms with Gasteiger partial charge >= 0.3 is 5.97 Å². The summed E-state index contributed by atoms with van der Waals surface area (Å²) in [5.41, 5.74) is 2.27. The van der Waals surface area contributed by atoms with Crippen molar-refractivity contribution in [3.05, 3.63) is 41.2 Å². The van der Waals surface area contributed by atoms with Gasteiger partial charge in [0, 0.05) is 18.0 Å². The van der Waals surface area contributed by atoms with E-state index in [0.29, 0.717) is 25.9 Å². The molecule has 0 aliphatic heterocycles. The Kier molecular flexibility index (Phi) is 12.1. The van der Waals surface area contributed by atoms with Gasteiger partial charge in [-0.15, -0.1) is 5.10 Å². The van der Waals surface area contributed by atoms with Gasteiger partial charge < -0.3 is 14.2 Å². The monoisotopic (exact) mass is 584 g/mol. The lowest BCUT2D eigenvalue weighted by molar-refractivity contribution is -0.158. The zero-order valence-electron chi connectivity index (χ0n) is 27.0. The van der Waals surface area contributed by atoms with E-state index < -0.39 is 11.6 Å². The largest absolute Gasteiger partial charge is 0.494 e. The number of hydrogen-bond donors (Lipinski definition) is 1. The van der Waals surface area contributed by atoms with Crippen LogP contribution in [0.2, 0.25) is 0 Å². The van der Waals surface area contributed by atoms with E-state index in [0.717, 1.165) is 54.8 Å². The van der Waals surface area contributed by atoms with E-state index in [9.17, 15) is 9.59 Å². The van der Waals surface area contributed by atoms with Gasteiger partial charge in [0.25, 0.3) is 0 Å². The molecule has 1 N–H and O–H groups in total. The second-order valence-corrected chi connectivity index (χ2v) is 13.7. The number of rotatable bonds is 13. The summed E-state index contributed by atoms with van der Waals surface area (Å²) in [5, 5.41) is 12.2. The van der Waals surface area contributed by atoms with Crippen molar-refractivity contribution < 1.29 is 23.8 Å². The normalized spacial score (nSPS) is 16.8. The lowest BCUT2D eigenvalue weighted by atomic mass is 9.98. The maximum Gasteiger partial charge on any atom is 0.324 e. The van der Waals surface area contributed by atoms with E-state index in [1.54, 1.807) is 0 Å². The van der Waals surface area contributed by atoms with Gasteiger partial charge in [-0.05, 0) is 105 Å². The molecule has 2 atom stereocenters. The minimum absolute atomic E-state index is 0.0633. The molecule has 0 amide bonds. The number of aromatic nitrogens is 3. The number of ketones is 1. The molecule has 1 aliphatic carbocycles. The summed E-state index contributed by atoms with van der Waals surface area (Å²) in [6, 6.07) is 7.53. The van der Waals surface area contributed by atoms with Crippen molar-refractivity contribution in [2.45, 2.75) is 136 Å². The quantitative estimate of drug-likeness (QED) is 0.222. The third-order valence-corrected chi connectivity index (χ3v) is 6.97. The first-order chi connectivity index (χ1) is 19.7. The molecule has 2 unspecified atom stereocenters. The highest BCUT2D eigenvalue weighted by molar-refractivity contribution is 5.79. The summed E-state index contributed by atoms with van der Waals surface area (Å²) in [4.78, 5) is 25.4. The highest BCUT2D eigenvalue weighted by Crippen LogP contribution is 2.30. The van der Waals surface area contributed by atoms with Crippen molar-refractivity contribution in [2.75, 3.05) is 13.2 Å². The van der Waals surface area contributed by atoms with Crippen LogP contribution in [0.1, 0.15) is 123 Å². The third-order valence-electron chi connectivity index (χ3n) is 6.97. The number of fused-ring (bicyclic) bond motifs is 1. The van der Waals surface area contributed by atoms with E-state index >= 15 is 0 Å². The Labute approximate surface area is 252 Å². The Morgan fingerprint density at radius 3 is 2.40 bits per heavy atom. The first kappa shape index (κ1) is 33.7. The number of ether oxygens (including phenoxy) is 3. The number of carbonyl (C=O) groups is 2. The number of benzene rings is 1. The van der Waals surface area contributed by atoms with Gasteiger partial charge in [0.15, 0.2) is 5.78 Å². The molecule has 1 aliphatic rings. The number of hydrogen-bond acceptors (Lipinski definition) is 8. The predicted molar refractivity (Wildman–Crippen MR) is 164 cm³/mol. The molecule has 0 radical (unpaired) electrons. The zero-order chi connectivity index (χ0) is 30.9. The van der Waals surface area contributed by atoms with Crippen LogP contribution in [0.4, 0.5) is 0 Å². The first-order valence-corrected chi connectivity index (χ1v) is 15.5. The molecule has 3 rings (SSSR count). The van der Waals surface area contributed by atoms with Crippen molar-refractivity contribution in [1.29, 1.82) is 0 Å². The predicted octanol–water partition coefficient (Wildman–Crippen LogP) is 6.10. The Morgan fingerprint density at radius 1 is 1.05 bits per heavy atom. The second-order valence-electron chi connectivity index (χ2n) is 13.7. The Morgan fingerprint density at radius 2 is 1.76 bits per heavy atom. The Balaban J connectivity index is 1.44. The van der Waals surface area contributed by atoms with E-state index in [1.165, 1.54) is 0 Å². The van der Waals surface area contributed by atoms with Gasteiger partial charge in [0.1, 0.15) is 35.8 Å².